The van der Waals surface area contributed by atoms with Gasteiger partial charge < -0.3 is 10.2 Å². The normalized spacial score (nSPS) is 12.6. The van der Waals surface area contributed by atoms with Gasteiger partial charge in [-0.3, -0.25) is 9.59 Å². The van der Waals surface area contributed by atoms with Crippen molar-refractivity contribution in [1.82, 2.24) is 0 Å². The summed E-state index contributed by atoms with van der Waals surface area (Å²) in [5.41, 5.74) is 6.32. The van der Waals surface area contributed by atoms with Gasteiger partial charge in [-0.05, 0) is 79.4 Å². The van der Waals surface area contributed by atoms with Crippen LogP contribution >= 0.6 is 0 Å². The van der Waals surface area contributed by atoms with E-state index in [0.717, 1.165) is 34.5 Å². The number of nitrogens with zero attached hydrogens (tertiary/aromatic N) is 1. The third-order valence-corrected chi connectivity index (χ3v) is 5.27. The van der Waals surface area contributed by atoms with Crippen molar-refractivity contribution in [3.05, 3.63) is 94.5 Å². The van der Waals surface area contributed by atoms with Crippen LogP contribution in [-0.4, -0.2) is 18.4 Å². The van der Waals surface area contributed by atoms with Crippen molar-refractivity contribution in [2.24, 2.45) is 0 Å². The number of aryl methyl sites for hydroxylation is 2. The highest BCUT2D eigenvalue weighted by atomic mass is 16.2. The summed E-state index contributed by atoms with van der Waals surface area (Å²) in [4.78, 5) is 27.1. The molecule has 0 saturated carbocycles. The lowest BCUT2D eigenvalue weighted by Gasteiger charge is -2.17. The molecule has 0 aliphatic carbocycles. The van der Waals surface area contributed by atoms with E-state index in [9.17, 15) is 9.59 Å². The Labute approximate surface area is 164 Å². The van der Waals surface area contributed by atoms with Crippen LogP contribution in [0.3, 0.4) is 0 Å². The van der Waals surface area contributed by atoms with Crippen LogP contribution in [0.5, 0.6) is 0 Å². The lowest BCUT2D eigenvalue weighted by Crippen LogP contribution is -2.28. The van der Waals surface area contributed by atoms with Crippen LogP contribution in [0.2, 0.25) is 0 Å². The predicted molar refractivity (Wildman–Crippen MR) is 112 cm³/mol. The van der Waals surface area contributed by atoms with Gasteiger partial charge in [-0.2, -0.15) is 0 Å². The quantitative estimate of drug-likeness (QED) is 0.723. The zero-order valence-corrected chi connectivity index (χ0v) is 16.0. The maximum atomic E-state index is 12.8. The van der Waals surface area contributed by atoms with E-state index in [4.69, 9.17) is 0 Å². The number of carbonyl (C=O) groups excluding carboxylic acids is 2. The number of amides is 2. The van der Waals surface area contributed by atoms with E-state index in [1.54, 1.807) is 4.90 Å². The average molecular weight is 370 g/mol. The molecule has 4 heteroatoms. The highest BCUT2D eigenvalue weighted by Gasteiger charge is 2.25. The SMILES string of the molecule is Cc1ccc(C(=O)Nc2ccc3c(c2)CCN3C(=O)c2ccccc2)cc1C. The summed E-state index contributed by atoms with van der Waals surface area (Å²) in [6.45, 7) is 4.68. The third kappa shape index (κ3) is 3.41. The fraction of sp³-hybridized carbons (Fsp3) is 0.167. The second kappa shape index (κ2) is 7.31. The Morgan fingerprint density at radius 3 is 2.39 bits per heavy atom. The van der Waals surface area contributed by atoms with E-state index in [0.29, 0.717) is 17.7 Å². The summed E-state index contributed by atoms with van der Waals surface area (Å²) in [6.07, 6.45) is 0.779. The lowest BCUT2D eigenvalue weighted by atomic mass is 10.1. The highest BCUT2D eigenvalue weighted by molar-refractivity contribution is 6.08. The van der Waals surface area contributed by atoms with Gasteiger partial charge in [0.1, 0.15) is 0 Å². The van der Waals surface area contributed by atoms with E-state index < -0.39 is 0 Å². The molecule has 0 spiro atoms. The second-order valence-electron chi connectivity index (χ2n) is 7.17. The number of hydrogen-bond acceptors (Lipinski definition) is 2. The maximum absolute atomic E-state index is 12.8. The minimum Gasteiger partial charge on any atom is -0.322 e. The van der Waals surface area contributed by atoms with Gasteiger partial charge in [-0.25, -0.2) is 0 Å². The third-order valence-electron chi connectivity index (χ3n) is 5.27. The summed E-state index contributed by atoms with van der Waals surface area (Å²) in [6, 6.07) is 20.7. The minimum atomic E-state index is -0.127. The molecule has 0 atom stereocenters. The van der Waals surface area contributed by atoms with Crippen molar-refractivity contribution >= 4 is 23.2 Å². The topological polar surface area (TPSA) is 49.4 Å². The number of nitrogens with one attached hydrogen (secondary N) is 1. The Hall–Kier alpha value is -3.40. The molecule has 28 heavy (non-hydrogen) atoms. The molecule has 0 radical (unpaired) electrons. The zero-order valence-electron chi connectivity index (χ0n) is 16.0. The summed E-state index contributed by atoms with van der Waals surface area (Å²) >= 11 is 0. The molecule has 0 fully saturated rings. The van der Waals surface area contributed by atoms with Crippen LogP contribution < -0.4 is 10.2 Å². The standard InChI is InChI=1S/C24H22N2O2/c1-16-8-9-20(14-17(16)2)23(27)25-21-10-11-22-19(15-21)12-13-26(22)24(28)18-6-4-3-5-7-18/h3-11,14-15H,12-13H2,1-2H3,(H,25,27). The Balaban J connectivity index is 1.53. The van der Waals surface area contributed by atoms with Gasteiger partial charge in [0.25, 0.3) is 11.8 Å². The molecule has 3 aromatic carbocycles. The van der Waals surface area contributed by atoms with Crippen LogP contribution in [0, 0.1) is 13.8 Å². The van der Waals surface area contributed by atoms with Crippen LogP contribution in [0.1, 0.15) is 37.4 Å². The van der Waals surface area contributed by atoms with Gasteiger partial charge in [0, 0.05) is 29.0 Å². The summed E-state index contributed by atoms with van der Waals surface area (Å²) in [5.74, 6) is -0.121. The van der Waals surface area contributed by atoms with E-state index in [1.165, 1.54) is 0 Å². The second-order valence-corrected chi connectivity index (χ2v) is 7.17. The van der Waals surface area contributed by atoms with Crippen molar-refractivity contribution in [2.45, 2.75) is 20.3 Å². The molecule has 4 nitrogen and oxygen atoms in total. The molecule has 140 valence electrons. The molecule has 0 bridgehead atoms. The van der Waals surface area contributed by atoms with Crippen molar-refractivity contribution in [2.75, 3.05) is 16.8 Å². The van der Waals surface area contributed by atoms with E-state index >= 15 is 0 Å². The average Bonchev–Trinajstić information content (AvgIpc) is 3.13. The Morgan fingerprint density at radius 2 is 1.64 bits per heavy atom. The summed E-state index contributed by atoms with van der Waals surface area (Å²) < 4.78 is 0. The fourth-order valence-electron chi connectivity index (χ4n) is 3.51. The molecule has 1 aliphatic heterocycles. The number of fused-ring (bicyclic) bond motifs is 1. The van der Waals surface area contributed by atoms with Crippen molar-refractivity contribution < 1.29 is 9.59 Å². The summed E-state index contributed by atoms with van der Waals surface area (Å²) in [5, 5.41) is 2.97. The van der Waals surface area contributed by atoms with E-state index in [2.05, 4.69) is 5.32 Å². The molecule has 2 amide bonds. The maximum Gasteiger partial charge on any atom is 0.258 e. The lowest BCUT2D eigenvalue weighted by molar-refractivity contribution is 0.0987. The Kier molecular flexibility index (Phi) is 4.70. The zero-order chi connectivity index (χ0) is 19.7. The molecule has 1 heterocycles. The molecule has 3 aromatic rings. The monoisotopic (exact) mass is 370 g/mol. The van der Waals surface area contributed by atoms with Crippen LogP contribution in [0.4, 0.5) is 11.4 Å². The molecule has 1 N–H and O–H groups in total. The fourth-order valence-corrected chi connectivity index (χ4v) is 3.51. The number of benzene rings is 3. The smallest absolute Gasteiger partial charge is 0.258 e. The number of hydrogen-bond donors (Lipinski definition) is 1. The van der Waals surface area contributed by atoms with E-state index in [1.807, 2.05) is 80.6 Å². The number of anilines is 2. The molecule has 0 saturated heterocycles. The Morgan fingerprint density at radius 1 is 0.857 bits per heavy atom. The molecule has 0 unspecified atom stereocenters. The molecule has 4 rings (SSSR count). The first-order chi connectivity index (χ1) is 13.5. The Bertz CT molecular complexity index is 1060. The molecule has 1 aliphatic rings. The number of carbonyl (C=O) groups is 2. The molecular weight excluding hydrogens is 348 g/mol. The van der Waals surface area contributed by atoms with E-state index in [-0.39, 0.29) is 11.8 Å². The van der Waals surface area contributed by atoms with Gasteiger partial charge in [0.15, 0.2) is 0 Å². The van der Waals surface area contributed by atoms with Gasteiger partial charge >= 0.3 is 0 Å². The van der Waals surface area contributed by atoms with Gasteiger partial charge in [0.05, 0.1) is 0 Å². The first kappa shape index (κ1) is 18.0. The van der Waals surface area contributed by atoms with Gasteiger partial charge in [-0.15, -0.1) is 0 Å². The minimum absolute atomic E-state index is 0.00580. The van der Waals surface area contributed by atoms with Gasteiger partial charge in [-0.1, -0.05) is 24.3 Å². The number of rotatable bonds is 3. The highest BCUT2D eigenvalue weighted by Crippen LogP contribution is 2.31. The predicted octanol–water partition coefficient (Wildman–Crippen LogP) is 4.76. The van der Waals surface area contributed by atoms with Crippen molar-refractivity contribution in [3.63, 3.8) is 0 Å². The molecular formula is C24H22N2O2. The summed E-state index contributed by atoms with van der Waals surface area (Å²) in [7, 11) is 0. The molecule has 0 aromatic heterocycles. The largest absolute Gasteiger partial charge is 0.322 e. The van der Waals surface area contributed by atoms with Crippen molar-refractivity contribution in [3.8, 4) is 0 Å². The van der Waals surface area contributed by atoms with Crippen LogP contribution in [-0.2, 0) is 6.42 Å². The first-order valence-corrected chi connectivity index (χ1v) is 9.41. The van der Waals surface area contributed by atoms with Gasteiger partial charge in [0.2, 0.25) is 0 Å². The van der Waals surface area contributed by atoms with Crippen LogP contribution in [0.25, 0.3) is 0 Å². The van der Waals surface area contributed by atoms with Crippen LogP contribution in [0.15, 0.2) is 66.7 Å². The first-order valence-electron chi connectivity index (χ1n) is 9.41. The van der Waals surface area contributed by atoms with Crippen molar-refractivity contribution in [1.29, 1.82) is 0 Å².